The molecule has 0 radical (unpaired) electrons. The van der Waals surface area contributed by atoms with Gasteiger partial charge in [-0.25, -0.2) is 9.37 Å². The highest BCUT2D eigenvalue weighted by Gasteiger charge is 2.04. The Balaban J connectivity index is 1.96. The highest BCUT2D eigenvalue weighted by atomic mass is 79.9. The molecule has 20 heavy (non-hydrogen) atoms. The quantitative estimate of drug-likeness (QED) is 0.702. The third-order valence-corrected chi connectivity index (χ3v) is 3.20. The Labute approximate surface area is 123 Å². The van der Waals surface area contributed by atoms with Crippen LogP contribution in [-0.2, 0) is 0 Å². The van der Waals surface area contributed by atoms with Crippen molar-refractivity contribution in [3.05, 3.63) is 58.8 Å². The molecule has 0 saturated carbocycles. The maximum atomic E-state index is 13.3. The van der Waals surface area contributed by atoms with Crippen LogP contribution in [0.5, 0.6) is 11.6 Å². The molecule has 5 heteroatoms. The summed E-state index contributed by atoms with van der Waals surface area (Å²) < 4.78 is 19.5. The minimum Gasteiger partial charge on any atom is -0.439 e. The molecule has 3 aromatic rings. The number of nitrogens with two attached hydrogens (primary N) is 1. The molecule has 0 spiro atoms. The molecular weight excluding hydrogens is 323 g/mol. The van der Waals surface area contributed by atoms with Crippen LogP contribution in [0, 0.1) is 5.82 Å². The summed E-state index contributed by atoms with van der Waals surface area (Å²) in [6.45, 7) is 0. The van der Waals surface area contributed by atoms with E-state index < -0.39 is 0 Å². The van der Waals surface area contributed by atoms with Crippen LogP contribution >= 0.6 is 15.9 Å². The van der Waals surface area contributed by atoms with E-state index in [2.05, 4.69) is 20.9 Å². The maximum absolute atomic E-state index is 13.3. The number of anilines is 1. The summed E-state index contributed by atoms with van der Waals surface area (Å²) in [5.74, 6) is 0.418. The van der Waals surface area contributed by atoms with Gasteiger partial charge < -0.3 is 10.5 Å². The van der Waals surface area contributed by atoms with Gasteiger partial charge in [0.25, 0.3) is 0 Å². The van der Waals surface area contributed by atoms with Crippen LogP contribution in [0.1, 0.15) is 0 Å². The summed E-state index contributed by atoms with van der Waals surface area (Å²) in [7, 11) is 0. The summed E-state index contributed by atoms with van der Waals surface area (Å²) in [4.78, 5) is 4.36. The van der Waals surface area contributed by atoms with Crippen molar-refractivity contribution < 1.29 is 9.13 Å². The topological polar surface area (TPSA) is 48.1 Å². The minimum absolute atomic E-state index is 0.372. The van der Waals surface area contributed by atoms with Crippen LogP contribution in [0.4, 0.5) is 10.1 Å². The molecule has 1 aromatic heterocycles. The molecular formula is C15H10BrFN2O. The van der Waals surface area contributed by atoms with Gasteiger partial charge in [0.05, 0.1) is 5.52 Å². The number of hydrogen-bond acceptors (Lipinski definition) is 3. The lowest BCUT2D eigenvalue weighted by Gasteiger charge is -2.07. The zero-order valence-corrected chi connectivity index (χ0v) is 11.9. The van der Waals surface area contributed by atoms with Crippen molar-refractivity contribution in [3.63, 3.8) is 0 Å². The molecule has 0 atom stereocenters. The fourth-order valence-corrected chi connectivity index (χ4v) is 2.33. The second kappa shape index (κ2) is 5.09. The molecule has 2 aromatic carbocycles. The highest BCUT2D eigenvalue weighted by Crippen LogP contribution is 2.26. The number of rotatable bonds is 2. The molecule has 0 fully saturated rings. The average molecular weight is 333 g/mol. The lowest BCUT2D eigenvalue weighted by molar-refractivity contribution is 0.460. The molecule has 3 rings (SSSR count). The van der Waals surface area contributed by atoms with Gasteiger partial charge in [-0.05, 0) is 36.4 Å². The Hall–Kier alpha value is -2.14. The molecule has 1 heterocycles. The van der Waals surface area contributed by atoms with Crippen molar-refractivity contribution in [2.24, 2.45) is 0 Å². The molecule has 0 aliphatic heterocycles. The molecule has 0 unspecified atom stereocenters. The number of hydrogen-bond donors (Lipinski definition) is 1. The van der Waals surface area contributed by atoms with Gasteiger partial charge in [0.15, 0.2) is 0 Å². The van der Waals surface area contributed by atoms with Gasteiger partial charge in [-0.15, -0.1) is 0 Å². The first kappa shape index (κ1) is 12.9. The summed E-state index contributed by atoms with van der Waals surface area (Å²) in [5.41, 5.74) is 7.17. The molecule has 0 bridgehead atoms. The van der Waals surface area contributed by atoms with Gasteiger partial charge in [-0.1, -0.05) is 15.9 Å². The van der Waals surface area contributed by atoms with Gasteiger partial charge in [0.1, 0.15) is 11.6 Å². The lowest BCUT2D eigenvalue weighted by atomic mass is 10.2. The van der Waals surface area contributed by atoms with Crippen molar-refractivity contribution >= 4 is 32.5 Å². The average Bonchev–Trinajstić information content (AvgIpc) is 2.38. The third kappa shape index (κ3) is 2.72. The summed E-state index contributed by atoms with van der Waals surface area (Å²) in [6.07, 6.45) is 0. The van der Waals surface area contributed by atoms with E-state index in [9.17, 15) is 4.39 Å². The Morgan fingerprint density at radius 2 is 1.90 bits per heavy atom. The van der Waals surface area contributed by atoms with Crippen molar-refractivity contribution in [3.8, 4) is 11.6 Å². The highest BCUT2D eigenvalue weighted by molar-refractivity contribution is 9.10. The molecule has 100 valence electrons. The Morgan fingerprint density at radius 1 is 1.05 bits per heavy atom. The second-order valence-electron chi connectivity index (χ2n) is 4.31. The zero-order valence-electron chi connectivity index (χ0n) is 10.3. The first-order valence-electron chi connectivity index (χ1n) is 5.90. The summed E-state index contributed by atoms with van der Waals surface area (Å²) in [6, 6.07) is 13.4. The SMILES string of the molecule is Nc1ccc2nc(Oc3cc(F)cc(Br)c3)ccc2c1. The predicted octanol–water partition coefficient (Wildman–Crippen LogP) is 4.51. The van der Waals surface area contributed by atoms with Crippen LogP contribution in [0.15, 0.2) is 53.0 Å². The van der Waals surface area contributed by atoms with E-state index >= 15 is 0 Å². The standard InChI is InChI=1S/C15H10BrFN2O/c16-10-6-11(17)8-13(7-10)20-15-4-1-9-5-12(18)2-3-14(9)19-15/h1-8H,18H2. The third-order valence-electron chi connectivity index (χ3n) is 2.75. The fraction of sp³-hybridized carbons (Fsp3) is 0. The number of aromatic nitrogens is 1. The number of nitrogens with zero attached hydrogens (tertiary/aromatic N) is 1. The normalized spacial score (nSPS) is 10.7. The summed E-state index contributed by atoms with van der Waals surface area (Å²) in [5, 5.41) is 0.928. The monoisotopic (exact) mass is 332 g/mol. The predicted molar refractivity (Wildman–Crippen MR) is 80.3 cm³/mol. The van der Waals surface area contributed by atoms with E-state index in [1.807, 2.05) is 18.2 Å². The van der Waals surface area contributed by atoms with Gasteiger partial charge in [-0.3, -0.25) is 0 Å². The molecule has 0 aliphatic carbocycles. The van der Waals surface area contributed by atoms with E-state index in [1.165, 1.54) is 12.1 Å². The first-order chi connectivity index (χ1) is 9.60. The number of nitrogen functional groups attached to an aromatic ring is 1. The van der Waals surface area contributed by atoms with Crippen LogP contribution < -0.4 is 10.5 Å². The van der Waals surface area contributed by atoms with E-state index in [1.54, 1.807) is 18.2 Å². The Morgan fingerprint density at radius 3 is 2.70 bits per heavy atom. The van der Waals surface area contributed by atoms with Crippen LogP contribution in [0.3, 0.4) is 0 Å². The zero-order chi connectivity index (χ0) is 14.1. The summed E-state index contributed by atoms with van der Waals surface area (Å²) >= 11 is 3.22. The van der Waals surface area contributed by atoms with Crippen molar-refractivity contribution in [2.45, 2.75) is 0 Å². The van der Waals surface area contributed by atoms with Crippen molar-refractivity contribution in [2.75, 3.05) is 5.73 Å². The van der Waals surface area contributed by atoms with Crippen LogP contribution in [-0.4, -0.2) is 4.98 Å². The smallest absolute Gasteiger partial charge is 0.219 e. The number of benzene rings is 2. The maximum Gasteiger partial charge on any atom is 0.219 e. The van der Waals surface area contributed by atoms with E-state index in [4.69, 9.17) is 10.5 Å². The number of fused-ring (bicyclic) bond motifs is 1. The molecule has 2 N–H and O–H groups in total. The van der Waals surface area contributed by atoms with Crippen LogP contribution in [0.25, 0.3) is 10.9 Å². The fourth-order valence-electron chi connectivity index (χ4n) is 1.89. The van der Waals surface area contributed by atoms with E-state index in [0.29, 0.717) is 21.8 Å². The van der Waals surface area contributed by atoms with E-state index in [0.717, 1.165) is 10.9 Å². The molecule has 3 nitrogen and oxygen atoms in total. The number of halogens is 2. The van der Waals surface area contributed by atoms with E-state index in [-0.39, 0.29) is 5.82 Å². The van der Waals surface area contributed by atoms with Gasteiger partial charge in [-0.2, -0.15) is 0 Å². The molecule has 0 amide bonds. The minimum atomic E-state index is -0.372. The van der Waals surface area contributed by atoms with Gasteiger partial charge in [0.2, 0.25) is 5.88 Å². The first-order valence-corrected chi connectivity index (χ1v) is 6.70. The molecule has 0 saturated heterocycles. The molecule has 0 aliphatic rings. The van der Waals surface area contributed by atoms with Gasteiger partial charge >= 0.3 is 0 Å². The van der Waals surface area contributed by atoms with Crippen molar-refractivity contribution in [1.82, 2.24) is 4.98 Å². The number of ether oxygens (including phenoxy) is 1. The largest absolute Gasteiger partial charge is 0.439 e. The lowest BCUT2D eigenvalue weighted by Crippen LogP contribution is -1.90. The Kier molecular flexibility index (Phi) is 3.28. The second-order valence-corrected chi connectivity index (χ2v) is 5.22. The van der Waals surface area contributed by atoms with Crippen LogP contribution in [0.2, 0.25) is 0 Å². The van der Waals surface area contributed by atoms with Gasteiger partial charge in [0, 0.05) is 27.7 Å². The number of pyridine rings is 1. The van der Waals surface area contributed by atoms with Crippen molar-refractivity contribution in [1.29, 1.82) is 0 Å². The Bertz CT molecular complexity index is 772.